The summed E-state index contributed by atoms with van der Waals surface area (Å²) in [7, 11) is 2.16. The van der Waals surface area contributed by atoms with Crippen LogP contribution in [0, 0.1) is 11.3 Å². The van der Waals surface area contributed by atoms with Crippen molar-refractivity contribution in [1.82, 2.24) is 0 Å². The number of hydrogen-bond acceptors (Lipinski definition) is 2. The zero-order chi connectivity index (χ0) is 11.4. The molecule has 0 aromatic heterocycles. The normalized spacial score (nSPS) is 16.8. The molecule has 0 atom stereocenters. The Balaban J connectivity index is 2.07. The molecule has 1 saturated carbocycles. The van der Waals surface area contributed by atoms with Gasteiger partial charge in [0.15, 0.2) is 0 Å². The lowest BCUT2D eigenvalue weighted by Gasteiger charge is -2.33. The van der Waals surface area contributed by atoms with Gasteiger partial charge in [0.05, 0.1) is 11.6 Å². The van der Waals surface area contributed by atoms with Gasteiger partial charge in [-0.3, -0.25) is 0 Å². The predicted molar refractivity (Wildman–Crippen MR) is 66.4 cm³/mol. The van der Waals surface area contributed by atoms with Crippen LogP contribution in [0.3, 0.4) is 0 Å². The molecule has 1 aliphatic rings. The van der Waals surface area contributed by atoms with Crippen molar-refractivity contribution in [1.29, 1.82) is 5.26 Å². The van der Waals surface area contributed by atoms with E-state index < -0.39 is 0 Å². The van der Waals surface area contributed by atoms with E-state index in [0.717, 1.165) is 5.56 Å². The van der Waals surface area contributed by atoms with Crippen molar-refractivity contribution in [2.75, 3.05) is 11.9 Å². The van der Waals surface area contributed by atoms with Gasteiger partial charge in [0.2, 0.25) is 0 Å². The zero-order valence-electron chi connectivity index (χ0n) is 9.82. The summed E-state index contributed by atoms with van der Waals surface area (Å²) in [6, 6.07) is 10.7. The summed E-state index contributed by atoms with van der Waals surface area (Å²) in [6.45, 7) is 0. The van der Waals surface area contributed by atoms with Crippen molar-refractivity contribution in [2.24, 2.45) is 0 Å². The van der Waals surface area contributed by atoms with Gasteiger partial charge >= 0.3 is 0 Å². The highest BCUT2D eigenvalue weighted by atomic mass is 15.1. The lowest BCUT2D eigenvalue weighted by molar-refractivity contribution is 0.427. The Morgan fingerprint density at radius 2 is 1.75 bits per heavy atom. The topological polar surface area (TPSA) is 27.0 Å². The summed E-state index contributed by atoms with van der Waals surface area (Å²) in [4.78, 5) is 2.36. The molecule has 0 bridgehead atoms. The fraction of sp³-hybridized carbons (Fsp3) is 0.500. The first kappa shape index (κ1) is 11.0. The minimum Gasteiger partial charge on any atom is -0.372 e. The van der Waals surface area contributed by atoms with Crippen LogP contribution in [0.2, 0.25) is 0 Å². The largest absolute Gasteiger partial charge is 0.372 e. The van der Waals surface area contributed by atoms with Crippen LogP contribution in [0.5, 0.6) is 0 Å². The third-order valence-corrected chi connectivity index (χ3v) is 3.53. The van der Waals surface area contributed by atoms with E-state index in [0.29, 0.717) is 6.04 Å². The van der Waals surface area contributed by atoms with Crippen LogP contribution in [0.4, 0.5) is 5.69 Å². The molecule has 84 valence electrons. The van der Waals surface area contributed by atoms with Crippen molar-refractivity contribution >= 4 is 5.69 Å². The van der Waals surface area contributed by atoms with Crippen molar-refractivity contribution < 1.29 is 0 Å². The van der Waals surface area contributed by atoms with Gasteiger partial charge < -0.3 is 4.90 Å². The standard InChI is InChI=1S/C14H18N2/c1-16(13-5-3-2-4-6-13)14-9-7-12(11-15)8-10-14/h7-10,13H,2-6H2,1H3. The van der Waals surface area contributed by atoms with E-state index in [1.54, 1.807) is 0 Å². The third-order valence-electron chi connectivity index (χ3n) is 3.53. The maximum Gasteiger partial charge on any atom is 0.0991 e. The molecule has 0 unspecified atom stereocenters. The number of nitrogens with zero attached hydrogens (tertiary/aromatic N) is 2. The Bertz CT molecular complexity index is 369. The molecule has 16 heavy (non-hydrogen) atoms. The molecule has 2 heteroatoms. The fourth-order valence-corrected chi connectivity index (χ4v) is 2.45. The van der Waals surface area contributed by atoms with Gasteiger partial charge in [-0.05, 0) is 37.1 Å². The van der Waals surface area contributed by atoms with Gasteiger partial charge in [-0.15, -0.1) is 0 Å². The Hall–Kier alpha value is -1.49. The predicted octanol–water partition coefficient (Wildman–Crippen LogP) is 3.33. The lowest BCUT2D eigenvalue weighted by atomic mass is 9.94. The SMILES string of the molecule is CN(c1ccc(C#N)cc1)C1CCCCC1. The number of nitriles is 1. The molecule has 1 aliphatic carbocycles. The average Bonchev–Trinajstić information content (AvgIpc) is 2.39. The molecule has 0 N–H and O–H groups in total. The summed E-state index contributed by atoms with van der Waals surface area (Å²) in [5.74, 6) is 0. The van der Waals surface area contributed by atoms with Gasteiger partial charge in [0.25, 0.3) is 0 Å². The van der Waals surface area contributed by atoms with Gasteiger partial charge in [-0.25, -0.2) is 0 Å². The maximum atomic E-state index is 8.75. The molecule has 0 amide bonds. The molecule has 1 aromatic rings. The van der Waals surface area contributed by atoms with E-state index in [1.165, 1.54) is 37.8 Å². The van der Waals surface area contributed by atoms with Gasteiger partial charge in [-0.2, -0.15) is 5.26 Å². The molecule has 2 rings (SSSR count). The molecular formula is C14H18N2. The third kappa shape index (κ3) is 2.36. The van der Waals surface area contributed by atoms with E-state index in [1.807, 2.05) is 24.3 Å². The quantitative estimate of drug-likeness (QED) is 0.755. The van der Waals surface area contributed by atoms with Crippen molar-refractivity contribution in [3.05, 3.63) is 29.8 Å². The van der Waals surface area contributed by atoms with Crippen LogP contribution in [-0.2, 0) is 0 Å². The van der Waals surface area contributed by atoms with Crippen molar-refractivity contribution in [2.45, 2.75) is 38.1 Å². The zero-order valence-corrected chi connectivity index (χ0v) is 9.82. The highest BCUT2D eigenvalue weighted by Crippen LogP contribution is 2.26. The number of hydrogen-bond donors (Lipinski definition) is 0. The summed E-state index contributed by atoms with van der Waals surface area (Å²) in [6.07, 6.45) is 6.70. The Morgan fingerprint density at radius 1 is 1.12 bits per heavy atom. The smallest absolute Gasteiger partial charge is 0.0991 e. The first-order chi connectivity index (χ1) is 7.81. The molecule has 0 spiro atoms. The molecule has 0 saturated heterocycles. The van der Waals surface area contributed by atoms with Crippen LogP contribution in [0.1, 0.15) is 37.7 Å². The summed E-state index contributed by atoms with van der Waals surface area (Å²) in [5.41, 5.74) is 1.96. The van der Waals surface area contributed by atoms with Crippen LogP contribution in [-0.4, -0.2) is 13.1 Å². The first-order valence-electron chi connectivity index (χ1n) is 6.04. The van der Waals surface area contributed by atoms with Crippen molar-refractivity contribution in [3.63, 3.8) is 0 Å². The lowest BCUT2D eigenvalue weighted by Crippen LogP contribution is -2.33. The van der Waals surface area contributed by atoms with E-state index in [9.17, 15) is 0 Å². The molecule has 0 heterocycles. The van der Waals surface area contributed by atoms with Crippen LogP contribution >= 0.6 is 0 Å². The second kappa shape index (κ2) is 5.03. The highest BCUT2D eigenvalue weighted by Gasteiger charge is 2.17. The van der Waals surface area contributed by atoms with Crippen LogP contribution in [0.25, 0.3) is 0 Å². The number of anilines is 1. The maximum absolute atomic E-state index is 8.75. The number of benzene rings is 1. The molecular weight excluding hydrogens is 196 g/mol. The Kier molecular flexibility index (Phi) is 3.46. The first-order valence-corrected chi connectivity index (χ1v) is 6.04. The van der Waals surface area contributed by atoms with E-state index in [-0.39, 0.29) is 0 Å². The van der Waals surface area contributed by atoms with E-state index in [4.69, 9.17) is 5.26 Å². The Morgan fingerprint density at radius 3 is 2.31 bits per heavy atom. The molecule has 2 nitrogen and oxygen atoms in total. The van der Waals surface area contributed by atoms with Crippen LogP contribution < -0.4 is 4.90 Å². The second-order valence-corrected chi connectivity index (χ2v) is 4.56. The monoisotopic (exact) mass is 214 g/mol. The van der Waals surface area contributed by atoms with Gasteiger partial charge in [0, 0.05) is 18.8 Å². The average molecular weight is 214 g/mol. The highest BCUT2D eigenvalue weighted by molar-refractivity contribution is 5.49. The summed E-state index contributed by atoms with van der Waals surface area (Å²) < 4.78 is 0. The molecule has 1 aromatic carbocycles. The molecule has 0 radical (unpaired) electrons. The van der Waals surface area contributed by atoms with Crippen LogP contribution in [0.15, 0.2) is 24.3 Å². The van der Waals surface area contributed by atoms with E-state index >= 15 is 0 Å². The molecule has 1 fully saturated rings. The van der Waals surface area contributed by atoms with Crippen molar-refractivity contribution in [3.8, 4) is 6.07 Å². The minimum absolute atomic E-state index is 0.682. The fourth-order valence-electron chi connectivity index (χ4n) is 2.45. The Labute approximate surface area is 97.5 Å². The summed E-state index contributed by atoms with van der Waals surface area (Å²) in [5, 5.41) is 8.75. The van der Waals surface area contributed by atoms with Gasteiger partial charge in [0.1, 0.15) is 0 Å². The molecule has 0 aliphatic heterocycles. The number of rotatable bonds is 2. The summed E-state index contributed by atoms with van der Waals surface area (Å²) >= 11 is 0. The second-order valence-electron chi connectivity index (χ2n) is 4.56. The van der Waals surface area contributed by atoms with Gasteiger partial charge in [-0.1, -0.05) is 19.3 Å². The van der Waals surface area contributed by atoms with E-state index in [2.05, 4.69) is 18.0 Å². The minimum atomic E-state index is 0.682.